The van der Waals surface area contributed by atoms with Gasteiger partial charge in [-0.15, -0.1) is 0 Å². The summed E-state index contributed by atoms with van der Waals surface area (Å²) in [6, 6.07) is 14.2. The maximum absolute atomic E-state index is 12.6. The second-order valence-electron chi connectivity index (χ2n) is 5.51. The number of guanidine groups is 1. The van der Waals surface area contributed by atoms with Gasteiger partial charge in [0.25, 0.3) is 11.8 Å². The number of hydrogen-bond donors (Lipinski definition) is 0. The van der Waals surface area contributed by atoms with Gasteiger partial charge in [-0.1, -0.05) is 35.9 Å². The number of aliphatic imine (C=N–C) groups is 1. The molecular weight excluding hydrogens is 326 g/mol. The molecule has 0 unspecified atom stereocenters. The number of imide groups is 1. The average Bonchev–Trinajstić information content (AvgIpc) is 2.92. The number of para-hydroxylation sites is 1. The van der Waals surface area contributed by atoms with Gasteiger partial charge in [0.05, 0.1) is 11.3 Å². The van der Waals surface area contributed by atoms with Crippen LogP contribution in [0.2, 0.25) is 5.02 Å². The lowest BCUT2D eigenvalue weighted by atomic mass is 10.1. The van der Waals surface area contributed by atoms with E-state index < -0.39 is 5.91 Å². The molecule has 2 aromatic carbocycles. The Bertz CT molecular complexity index is 932. The Kier molecular flexibility index (Phi) is 3.25. The van der Waals surface area contributed by atoms with E-state index in [9.17, 15) is 9.59 Å². The molecule has 118 valence electrons. The third kappa shape index (κ3) is 2.13. The van der Waals surface area contributed by atoms with Crippen LogP contribution in [0.3, 0.4) is 0 Å². The van der Waals surface area contributed by atoms with Crippen molar-refractivity contribution < 1.29 is 9.59 Å². The van der Waals surface area contributed by atoms with E-state index in [1.165, 1.54) is 0 Å². The minimum atomic E-state index is -0.425. The van der Waals surface area contributed by atoms with Gasteiger partial charge in [0, 0.05) is 12.1 Å². The predicted octanol–water partition coefficient (Wildman–Crippen LogP) is 3.17. The number of rotatable bonds is 1. The molecular formula is C18H12ClN3O2. The third-order valence-electron chi connectivity index (χ3n) is 4.01. The highest BCUT2D eigenvalue weighted by atomic mass is 35.5. The van der Waals surface area contributed by atoms with Crippen LogP contribution in [0.5, 0.6) is 0 Å². The molecule has 0 fully saturated rings. The average molecular weight is 338 g/mol. The van der Waals surface area contributed by atoms with Crippen LogP contribution >= 0.6 is 11.6 Å². The van der Waals surface area contributed by atoms with Crippen molar-refractivity contribution in [3.8, 4) is 0 Å². The SMILES string of the molecule is CN1C2=N/C(=C/c3ccc(Cl)cc3)C(=O)N2C(=O)c2ccccc21. The van der Waals surface area contributed by atoms with Gasteiger partial charge in [-0.05, 0) is 35.9 Å². The van der Waals surface area contributed by atoms with E-state index in [2.05, 4.69) is 4.99 Å². The van der Waals surface area contributed by atoms with Crippen LogP contribution in [0.15, 0.2) is 59.2 Å². The normalized spacial score (nSPS) is 17.9. The second-order valence-corrected chi connectivity index (χ2v) is 5.95. The molecule has 2 heterocycles. The van der Waals surface area contributed by atoms with E-state index in [-0.39, 0.29) is 11.6 Å². The number of nitrogens with zero attached hydrogens (tertiary/aromatic N) is 3. The van der Waals surface area contributed by atoms with Gasteiger partial charge in [-0.2, -0.15) is 0 Å². The zero-order valence-electron chi connectivity index (χ0n) is 12.7. The van der Waals surface area contributed by atoms with Crippen molar-refractivity contribution in [1.82, 2.24) is 4.90 Å². The first kappa shape index (κ1) is 14.7. The van der Waals surface area contributed by atoms with Gasteiger partial charge < -0.3 is 4.90 Å². The lowest BCUT2D eigenvalue weighted by Crippen LogP contribution is -2.50. The van der Waals surface area contributed by atoms with Crippen LogP contribution in [0.4, 0.5) is 5.69 Å². The summed E-state index contributed by atoms with van der Waals surface area (Å²) in [5.74, 6) is -0.456. The third-order valence-corrected chi connectivity index (χ3v) is 4.27. The number of anilines is 1. The van der Waals surface area contributed by atoms with Crippen LogP contribution in [0, 0.1) is 0 Å². The molecule has 0 atom stereocenters. The number of halogens is 1. The van der Waals surface area contributed by atoms with Crippen LogP contribution in [-0.2, 0) is 4.79 Å². The summed E-state index contributed by atoms with van der Waals surface area (Å²) in [6.45, 7) is 0. The first-order valence-electron chi connectivity index (χ1n) is 7.34. The van der Waals surface area contributed by atoms with Crippen molar-refractivity contribution in [1.29, 1.82) is 0 Å². The van der Waals surface area contributed by atoms with Gasteiger partial charge in [0.1, 0.15) is 5.70 Å². The van der Waals surface area contributed by atoms with Gasteiger partial charge in [0.2, 0.25) is 5.96 Å². The topological polar surface area (TPSA) is 53.0 Å². The van der Waals surface area contributed by atoms with Crippen molar-refractivity contribution in [3.05, 3.63) is 70.4 Å². The van der Waals surface area contributed by atoms with Crippen LogP contribution in [0.25, 0.3) is 6.08 Å². The van der Waals surface area contributed by atoms with E-state index in [0.717, 1.165) is 16.2 Å². The first-order chi connectivity index (χ1) is 11.6. The van der Waals surface area contributed by atoms with E-state index in [1.807, 2.05) is 12.1 Å². The van der Waals surface area contributed by atoms with Gasteiger partial charge in [-0.25, -0.2) is 9.89 Å². The molecule has 2 aliphatic rings. The fraction of sp³-hybridized carbons (Fsp3) is 0.0556. The Morgan fingerprint density at radius 3 is 2.46 bits per heavy atom. The van der Waals surface area contributed by atoms with Gasteiger partial charge >= 0.3 is 0 Å². The summed E-state index contributed by atoms with van der Waals surface area (Å²) in [4.78, 5) is 32.5. The van der Waals surface area contributed by atoms with E-state index in [0.29, 0.717) is 16.5 Å². The minimum absolute atomic E-state index is 0.223. The zero-order chi connectivity index (χ0) is 16.8. The molecule has 0 N–H and O–H groups in total. The maximum atomic E-state index is 12.6. The molecule has 2 aromatic rings. The number of fused-ring (bicyclic) bond motifs is 2. The lowest BCUT2D eigenvalue weighted by Gasteiger charge is -2.31. The van der Waals surface area contributed by atoms with Crippen molar-refractivity contribution in [3.63, 3.8) is 0 Å². The molecule has 0 spiro atoms. The Morgan fingerprint density at radius 1 is 1.00 bits per heavy atom. The molecule has 2 amide bonds. The highest BCUT2D eigenvalue weighted by molar-refractivity contribution is 6.32. The molecule has 6 heteroatoms. The molecule has 5 nitrogen and oxygen atoms in total. The smallest absolute Gasteiger partial charge is 0.286 e. The predicted molar refractivity (Wildman–Crippen MR) is 92.9 cm³/mol. The Labute approximate surface area is 143 Å². The zero-order valence-corrected chi connectivity index (χ0v) is 13.5. The summed E-state index contributed by atoms with van der Waals surface area (Å²) < 4.78 is 0. The number of carbonyl (C=O) groups is 2. The fourth-order valence-corrected chi connectivity index (χ4v) is 2.93. The largest absolute Gasteiger partial charge is 0.314 e. The van der Waals surface area contributed by atoms with E-state index in [4.69, 9.17) is 11.6 Å². The van der Waals surface area contributed by atoms with Crippen molar-refractivity contribution in [2.45, 2.75) is 0 Å². The fourth-order valence-electron chi connectivity index (χ4n) is 2.81. The van der Waals surface area contributed by atoms with Crippen molar-refractivity contribution >= 4 is 41.1 Å². The van der Waals surface area contributed by atoms with Crippen LogP contribution < -0.4 is 4.90 Å². The summed E-state index contributed by atoms with van der Waals surface area (Å²) in [5.41, 5.74) is 2.23. The molecule has 0 saturated heterocycles. The first-order valence-corrected chi connectivity index (χ1v) is 7.71. The molecule has 0 radical (unpaired) electrons. The standard InChI is InChI=1S/C18H12ClN3O2/c1-21-15-5-3-2-4-13(15)16(23)22-17(24)14(20-18(21)22)10-11-6-8-12(19)9-7-11/h2-10H,1H3/b14-10+. The highest BCUT2D eigenvalue weighted by Gasteiger charge is 2.42. The maximum Gasteiger partial charge on any atom is 0.286 e. The summed E-state index contributed by atoms with van der Waals surface area (Å²) in [6.07, 6.45) is 1.65. The van der Waals surface area contributed by atoms with Gasteiger partial charge in [0.15, 0.2) is 0 Å². The molecule has 4 rings (SSSR count). The molecule has 0 aliphatic carbocycles. The Morgan fingerprint density at radius 2 is 1.71 bits per heavy atom. The quantitative estimate of drug-likeness (QED) is 0.593. The summed E-state index contributed by atoms with van der Waals surface area (Å²) >= 11 is 5.87. The Hall–Kier alpha value is -2.92. The number of benzene rings is 2. The van der Waals surface area contributed by atoms with Gasteiger partial charge in [-0.3, -0.25) is 9.59 Å². The molecule has 0 aromatic heterocycles. The summed E-state index contributed by atoms with van der Waals surface area (Å²) in [7, 11) is 1.79. The minimum Gasteiger partial charge on any atom is -0.314 e. The molecule has 0 bridgehead atoms. The Balaban J connectivity index is 1.79. The lowest BCUT2D eigenvalue weighted by molar-refractivity contribution is -0.121. The van der Waals surface area contributed by atoms with Crippen molar-refractivity contribution in [2.24, 2.45) is 4.99 Å². The molecule has 2 aliphatic heterocycles. The molecule has 24 heavy (non-hydrogen) atoms. The van der Waals surface area contributed by atoms with E-state index in [1.54, 1.807) is 54.4 Å². The summed E-state index contributed by atoms with van der Waals surface area (Å²) in [5, 5.41) is 0.615. The van der Waals surface area contributed by atoms with E-state index >= 15 is 0 Å². The van der Waals surface area contributed by atoms with Crippen LogP contribution in [0.1, 0.15) is 15.9 Å². The monoisotopic (exact) mass is 337 g/mol. The molecule has 0 saturated carbocycles. The number of amides is 2. The second kappa shape index (κ2) is 5.32. The van der Waals surface area contributed by atoms with Crippen molar-refractivity contribution in [2.75, 3.05) is 11.9 Å². The number of carbonyl (C=O) groups excluding carboxylic acids is 2. The highest BCUT2D eigenvalue weighted by Crippen LogP contribution is 2.32. The van der Waals surface area contributed by atoms with Crippen LogP contribution in [-0.4, -0.2) is 29.7 Å². The number of hydrogen-bond acceptors (Lipinski definition) is 4.